The molecule has 0 aliphatic carbocycles. The summed E-state index contributed by atoms with van der Waals surface area (Å²) in [6.45, 7) is 11.1. The second-order valence-corrected chi connectivity index (χ2v) is 11.4. The second-order valence-electron chi connectivity index (χ2n) is 11.4. The smallest absolute Gasteiger partial charge is 0.251 e. The highest BCUT2D eigenvalue weighted by molar-refractivity contribution is 5.97. The molecule has 9 nitrogen and oxygen atoms in total. The van der Waals surface area contributed by atoms with Crippen LogP contribution in [0.1, 0.15) is 63.2 Å². The summed E-state index contributed by atoms with van der Waals surface area (Å²) in [7, 11) is 0. The van der Waals surface area contributed by atoms with Gasteiger partial charge in [0.1, 0.15) is 6.04 Å². The fourth-order valence-corrected chi connectivity index (χ4v) is 5.78. The predicted octanol–water partition coefficient (Wildman–Crippen LogP) is 2.06. The zero-order valence-corrected chi connectivity index (χ0v) is 23.1. The lowest BCUT2D eigenvalue weighted by atomic mass is 10.0. The van der Waals surface area contributed by atoms with Crippen molar-refractivity contribution in [3.63, 3.8) is 0 Å². The molecule has 38 heavy (non-hydrogen) atoms. The van der Waals surface area contributed by atoms with Gasteiger partial charge in [0, 0.05) is 63.4 Å². The molecule has 3 atom stereocenters. The van der Waals surface area contributed by atoms with Gasteiger partial charge < -0.3 is 25.3 Å². The van der Waals surface area contributed by atoms with Crippen molar-refractivity contribution in [3.05, 3.63) is 29.8 Å². The molecule has 9 heteroatoms. The van der Waals surface area contributed by atoms with E-state index >= 15 is 0 Å². The molecule has 3 aliphatic rings. The van der Waals surface area contributed by atoms with Gasteiger partial charge in [0.05, 0.1) is 12.6 Å². The molecule has 0 bridgehead atoms. The van der Waals surface area contributed by atoms with Gasteiger partial charge in [-0.15, -0.1) is 0 Å². The van der Waals surface area contributed by atoms with Crippen LogP contribution in [0, 0.1) is 11.8 Å². The molecule has 0 spiro atoms. The van der Waals surface area contributed by atoms with Gasteiger partial charge in [-0.2, -0.15) is 0 Å². The van der Waals surface area contributed by atoms with Crippen molar-refractivity contribution in [2.75, 3.05) is 50.7 Å². The van der Waals surface area contributed by atoms with Gasteiger partial charge in [0.2, 0.25) is 11.8 Å². The summed E-state index contributed by atoms with van der Waals surface area (Å²) < 4.78 is 0. The maximum Gasteiger partial charge on any atom is 0.251 e. The minimum Gasteiger partial charge on any atom is -0.369 e. The number of ketones is 1. The zero-order valence-electron chi connectivity index (χ0n) is 23.1. The van der Waals surface area contributed by atoms with Crippen LogP contribution in [-0.2, 0) is 14.4 Å². The van der Waals surface area contributed by atoms with E-state index in [-0.39, 0.29) is 42.0 Å². The number of fused-ring (bicyclic) bond motifs is 1. The summed E-state index contributed by atoms with van der Waals surface area (Å²) in [5.41, 5.74) is 1.76. The fraction of sp³-hybridized carbons (Fsp3) is 0.655. The first kappa shape index (κ1) is 28.1. The molecule has 1 aromatic carbocycles. The fourth-order valence-electron chi connectivity index (χ4n) is 5.78. The second kappa shape index (κ2) is 12.7. The van der Waals surface area contributed by atoms with Crippen LogP contribution in [0.4, 0.5) is 5.69 Å². The first-order chi connectivity index (χ1) is 18.2. The number of carbonyl (C=O) groups is 4. The Bertz CT molecular complexity index is 1000. The van der Waals surface area contributed by atoms with E-state index in [4.69, 9.17) is 0 Å². The standard InChI is InChI=1S/C29H43N5O4/c1-20(2)4-9-26(36)34-19-25(35)28-24(34)11-15-33(28)27(37)18-21(3)10-12-31-29(38)22-5-7-23(8-6-22)32-16-13-30-14-17-32/h5-8,20-21,24,28,30H,4,9-19H2,1-3H3,(H,31,38). The van der Waals surface area contributed by atoms with Crippen LogP contribution in [0.5, 0.6) is 0 Å². The van der Waals surface area contributed by atoms with Crippen molar-refractivity contribution in [2.45, 2.75) is 65.0 Å². The van der Waals surface area contributed by atoms with Crippen LogP contribution in [0.25, 0.3) is 0 Å². The number of nitrogens with one attached hydrogen (secondary N) is 2. The lowest BCUT2D eigenvalue weighted by Crippen LogP contribution is -2.44. The molecule has 1 aromatic rings. The Hall–Kier alpha value is -2.94. The zero-order chi connectivity index (χ0) is 27.2. The van der Waals surface area contributed by atoms with Gasteiger partial charge in [0.25, 0.3) is 5.91 Å². The van der Waals surface area contributed by atoms with E-state index in [2.05, 4.69) is 29.4 Å². The molecule has 4 rings (SSSR count). The molecule has 208 valence electrons. The lowest BCUT2D eigenvalue weighted by Gasteiger charge is -2.29. The Kier molecular flexibility index (Phi) is 9.41. The number of benzene rings is 1. The van der Waals surface area contributed by atoms with Crippen molar-refractivity contribution >= 4 is 29.2 Å². The van der Waals surface area contributed by atoms with Crippen LogP contribution in [0.3, 0.4) is 0 Å². The number of piperazine rings is 1. The number of rotatable bonds is 10. The molecule has 0 aromatic heterocycles. The summed E-state index contributed by atoms with van der Waals surface area (Å²) in [5, 5.41) is 6.31. The maximum atomic E-state index is 13.1. The van der Waals surface area contributed by atoms with E-state index in [9.17, 15) is 19.2 Å². The van der Waals surface area contributed by atoms with Gasteiger partial charge in [0.15, 0.2) is 5.78 Å². The van der Waals surface area contributed by atoms with Crippen LogP contribution < -0.4 is 15.5 Å². The van der Waals surface area contributed by atoms with Gasteiger partial charge >= 0.3 is 0 Å². The summed E-state index contributed by atoms with van der Waals surface area (Å²) in [4.78, 5) is 56.8. The third-order valence-corrected chi connectivity index (χ3v) is 8.06. The van der Waals surface area contributed by atoms with Gasteiger partial charge in [-0.05, 0) is 55.4 Å². The number of carbonyl (C=O) groups excluding carboxylic acids is 4. The van der Waals surface area contributed by atoms with Crippen molar-refractivity contribution in [3.8, 4) is 0 Å². The number of amides is 3. The first-order valence-corrected chi connectivity index (χ1v) is 14.2. The molecule has 2 N–H and O–H groups in total. The van der Waals surface area contributed by atoms with Crippen LogP contribution >= 0.6 is 0 Å². The van der Waals surface area contributed by atoms with Crippen LogP contribution in [-0.4, -0.2) is 91.2 Å². The summed E-state index contributed by atoms with van der Waals surface area (Å²) in [5.74, 6) is 0.348. The number of Topliss-reactive ketones (excluding diaryl/α,β-unsaturated/α-hetero) is 1. The third kappa shape index (κ3) is 6.73. The molecule has 3 aliphatic heterocycles. The highest BCUT2D eigenvalue weighted by atomic mass is 16.2. The van der Waals surface area contributed by atoms with Crippen LogP contribution in [0.15, 0.2) is 24.3 Å². The molecule has 0 radical (unpaired) electrons. The predicted molar refractivity (Wildman–Crippen MR) is 147 cm³/mol. The minimum absolute atomic E-state index is 0.0244. The Morgan fingerprint density at radius 3 is 2.37 bits per heavy atom. The molecule has 3 saturated heterocycles. The maximum absolute atomic E-state index is 13.1. The van der Waals surface area contributed by atoms with Gasteiger partial charge in [-0.25, -0.2) is 0 Å². The monoisotopic (exact) mass is 525 g/mol. The topological polar surface area (TPSA) is 102 Å². The number of anilines is 1. The Labute approximate surface area is 226 Å². The first-order valence-electron chi connectivity index (χ1n) is 14.2. The molecule has 0 saturated carbocycles. The highest BCUT2D eigenvalue weighted by Crippen LogP contribution is 2.31. The Morgan fingerprint density at radius 1 is 0.974 bits per heavy atom. The van der Waals surface area contributed by atoms with E-state index in [0.717, 1.165) is 38.3 Å². The molecule has 3 heterocycles. The third-order valence-electron chi connectivity index (χ3n) is 8.06. The quantitative estimate of drug-likeness (QED) is 0.485. The van der Waals surface area contributed by atoms with Gasteiger partial charge in [-0.3, -0.25) is 19.2 Å². The summed E-state index contributed by atoms with van der Waals surface area (Å²) in [6.07, 6.45) is 2.91. The normalized spacial score (nSPS) is 22.1. The van der Waals surface area contributed by atoms with Crippen LogP contribution in [0.2, 0.25) is 0 Å². The molecular weight excluding hydrogens is 482 g/mol. The molecule has 3 unspecified atom stereocenters. The van der Waals surface area contributed by atoms with E-state index in [1.165, 1.54) is 0 Å². The molecule has 3 amide bonds. The van der Waals surface area contributed by atoms with Crippen molar-refractivity contribution in [1.29, 1.82) is 0 Å². The molecule has 3 fully saturated rings. The highest BCUT2D eigenvalue weighted by Gasteiger charge is 2.51. The van der Waals surface area contributed by atoms with Crippen molar-refractivity contribution in [1.82, 2.24) is 20.4 Å². The van der Waals surface area contributed by atoms with E-state index < -0.39 is 6.04 Å². The number of likely N-dealkylation sites (tertiary alicyclic amines) is 2. The minimum atomic E-state index is -0.499. The Balaban J connectivity index is 1.20. The molecular formula is C29H43N5O4. The average Bonchev–Trinajstić information content (AvgIpc) is 3.49. The van der Waals surface area contributed by atoms with Crippen molar-refractivity contribution < 1.29 is 19.2 Å². The van der Waals surface area contributed by atoms with Gasteiger partial charge in [-0.1, -0.05) is 20.8 Å². The van der Waals surface area contributed by atoms with E-state index in [1.807, 2.05) is 31.2 Å². The number of hydrogen-bond donors (Lipinski definition) is 2. The van der Waals surface area contributed by atoms with Crippen molar-refractivity contribution in [2.24, 2.45) is 11.8 Å². The van der Waals surface area contributed by atoms with E-state index in [0.29, 0.717) is 50.3 Å². The summed E-state index contributed by atoms with van der Waals surface area (Å²) >= 11 is 0. The average molecular weight is 526 g/mol. The largest absolute Gasteiger partial charge is 0.369 e. The number of hydrogen-bond acceptors (Lipinski definition) is 6. The number of nitrogens with zero attached hydrogens (tertiary/aromatic N) is 3. The Morgan fingerprint density at radius 2 is 1.68 bits per heavy atom. The summed E-state index contributed by atoms with van der Waals surface area (Å²) in [6, 6.07) is 7.03. The lowest BCUT2D eigenvalue weighted by molar-refractivity contribution is -0.137. The van der Waals surface area contributed by atoms with E-state index in [1.54, 1.807) is 9.80 Å². The SMILES string of the molecule is CC(C)CCC(=O)N1CC(=O)C2C1CCN2C(=O)CC(C)CCNC(=O)c1ccc(N2CCNCC2)cc1.